The van der Waals surface area contributed by atoms with Gasteiger partial charge in [-0.2, -0.15) is 0 Å². The van der Waals surface area contributed by atoms with Crippen LogP contribution in [0.4, 0.5) is 4.39 Å². The summed E-state index contributed by atoms with van der Waals surface area (Å²) >= 11 is 3.14. The van der Waals surface area contributed by atoms with Crippen LogP contribution in [-0.2, 0) is 4.79 Å². The monoisotopic (exact) mass is 288 g/mol. The summed E-state index contributed by atoms with van der Waals surface area (Å²) in [5.41, 5.74) is 0. The van der Waals surface area contributed by atoms with Crippen LogP contribution in [-0.4, -0.2) is 17.7 Å². The Morgan fingerprint density at radius 3 is 2.94 bits per heavy atom. The molecule has 0 bridgehead atoms. The Kier molecular flexibility index (Phi) is 3.14. The van der Waals surface area contributed by atoms with Crippen molar-refractivity contribution in [3.05, 3.63) is 28.5 Å². The highest BCUT2D eigenvalue weighted by Gasteiger charge is 2.43. The van der Waals surface area contributed by atoms with Gasteiger partial charge in [-0.05, 0) is 24.6 Å². The number of hydrogen-bond acceptors (Lipinski definition) is 2. The Bertz CT molecular complexity index is 422. The molecule has 2 unspecified atom stereocenters. The summed E-state index contributed by atoms with van der Waals surface area (Å²) in [5.74, 6) is -1.38. The zero-order valence-electron chi connectivity index (χ0n) is 8.32. The van der Waals surface area contributed by atoms with Crippen molar-refractivity contribution in [2.45, 2.75) is 6.42 Å². The van der Waals surface area contributed by atoms with Gasteiger partial charge in [0, 0.05) is 10.4 Å². The maximum atomic E-state index is 13.3. The molecule has 1 aliphatic carbocycles. The van der Waals surface area contributed by atoms with E-state index in [0.717, 1.165) is 0 Å². The predicted octanol–water partition coefficient (Wildman–Crippen LogP) is 2.69. The quantitative estimate of drug-likeness (QED) is 0.927. The molecule has 2 atom stereocenters. The third kappa shape index (κ3) is 2.52. The third-order valence-electron chi connectivity index (χ3n) is 2.59. The summed E-state index contributed by atoms with van der Waals surface area (Å²) in [7, 11) is 0. The van der Waals surface area contributed by atoms with Gasteiger partial charge in [0.25, 0.3) is 0 Å². The summed E-state index contributed by atoms with van der Waals surface area (Å²) in [6.45, 7) is 0.259. The van der Waals surface area contributed by atoms with E-state index < -0.39 is 11.8 Å². The number of hydrogen-bond donors (Lipinski definition) is 1. The molecule has 86 valence electrons. The molecule has 1 saturated carbocycles. The molecule has 1 aromatic rings. The minimum Gasteiger partial charge on any atom is -0.490 e. The van der Waals surface area contributed by atoms with Crippen molar-refractivity contribution in [3.8, 4) is 5.75 Å². The molecule has 1 aliphatic rings. The first kappa shape index (κ1) is 11.4. The first-order chi connectivity index (χ1) is 7.58. The van der Waals surface area contributed by atoms with Crippen LogP contribution < -0.4 is 4.74 Å². The second kappa shape index (κ2) is 4.41. The van der Waals surface area contributed by atoms with Crippen molar-refractivity contribution in [2.75, 3.05) is 6.61 Å². The van der Waals surface area contributed by atoms with Crippen LogP contribution >= 0.6 is 15.9 Å². The van der Waals surface area contributed by atoms with Gasteiger partial charge in [0.2, 0.25) is 0 Å². The number of aliphatic carboxylic acids is 1. The molecule has 1 aromatic carbocycles. The van der Waals surface area contributed by atoms with Crippen LogP contribution in [0.5, 0.6) is 5.75 Å². The van der Waals surface area contributed by atoms with Crippen LogP contribution in [0, 0.1) is 17.7 Å². The van der Waals surface area contributed by atoms with Gasteiger partial charge in [0.1, 0.15) is 0 Å². The summed E-state index contributed by atoms with van der Waals surface area (Å²) in [4.78, 5) is 10.6. The van der Waals surface area contributed by atoms with Gasteiger partial charge in [-0.3, -0.25) is 4.79 Å². The first-order valence-electron chi connectivity index (χ1n) is 4.88. The predicted molar refractivity (Wildman–Crippen MR) is 58.8 cm³/mol. The average Bonchev–Trinajstić information content (AvgIpc) is 2.96. The van der Waals surface area contributed by atoms with Crippen LogP contribution in [0.1, 0.15) is 6.42 Å². The molecular formula is C11H10BrFO3. The molecule has 3 nitrogen and oxygen atoms in total. The van der Waals surface area contributed by atoms with Gasteiger partial charge < -0.3 is 9.84 Å². The number of benzene rings is 1. The zero-order chi connectivity index (χ0) is 11.7. The maximum Gasteiger partial charge on any atom is 0.306 e. The summed E-state index contributed by atoms with van der Waals surface area (Å²) < 4.78 is 19.2. The molecule has 0 spiro atoms. The topological polar surface area (TPSA) is 46.5 Å². The minimum absolute atomic E-state index is 0.0144. The molecule has 16 heavy (non-hydrogen) atoms. The van der Waals surface area contributed by atoms with Crippen molar-refractivity contribution in [2.24, 2.45) is 11.8 Å². The first-order valence-corrected chi connectivity index (χ1v) is 5.68. The Labute approximate surface area is 100 Å². The smallest absolute Gasteiger partial charge is 0.306 e. The molecule has 0 radical (unpaired) electrons. The largest absolute Gasteiger partial charge is 0.490 e. The van der Waals surface area contributed by atoms with E-state index in [-0.39, 0.29) is 24.2 Å². The van der Waals surface area contributed by atoms with E-state index in [1.807, 2.05) is 0 Å². The number of carboxylic acids is 1. The van der Waals surface area contributed by atoms with Crippen molar-refractivity contribution >= 4 is 21.9 Å². The maximum absolute atomic E-state index is 13.3. The Hall–Kier alpha value is -1.10. The van der Waals surface area contributed by atoms with E-state index in [2.05, 4.69) is 15.9 Å². The fourth-order valence-electron chi connectivity index (χ4n) is 1.52. The van der Waals surface area contributed by atoms with Gasteiger partial charge in [-0.1, -0.05) is 15.9 Å². The van der Waals surface area contributed by atoms with E-state index in [4.69, 9.17) is 9.84 Å². The number of halogens is 2. The third-order valence-corrected chi connectivity index (χ3v) is 3.08. The lowest BCUT2D eigenvalue weighted by molar-refractivity contribution is -0.138. The minimum atomic E-state index is -0.801. The lowest BCUT2D eigenvalue weighted by Gasteiger charge is -2.06. The van der Waals surface area contributed by atoms with Crippen LogP contribution in [0.15, 0.2) is 22.7 Å². The lowest BCUT2D eigenvalue weighted by atomic mass is 10.3. The summed E-state index contributed by atoms with van der Waals surface area (Å²) in [6, 6.07) is 4.52. The lowest BCUT2D eigenvalue weighted by Crippen LogP contribution is -2.06. The van der Waals surface area contributed by atoms with Crippen molar-refractivity contribution in [1.29, 1.82) is 0 Å². The molecule has 0 aliphatic heterocycles. The van der Waals surface area contributed by atoms with Crippen molar-refractivity contribution < 1.29 is 19.0 Å². The van der Waals surface area contributed by atoms with Gasteiger partial charge in [-0.25, -0.2) is 4.39 Å². The average molecular weight is 289 g/mol. The fraction of sp³-hybridized carbons (Fsp3) is 0.364. The van der Waals surface area contributed by atoms with Gasteiger partial charge in [-0.15, -0.1) is 0 Å². The molecule has 0 aromatic heterocycles. The van der Waals surface area contributed by atoms with E-state index >= 15 is 0 Å². The molecule has 0 amide bonds. The van der Waals surface area contributed by atoms with Crippen molar-refractivity contribution in [1.82, 2.24) is 0 Å². The molecule has 1 fully saturated rings. The van der Waals surface area contributed by atoms with Gasteiger partial charge >= 0.3 is 5.97 Å². The Morgan fingerprint density at radius 2 is 2.38 bits per heavy atom. The standard InChI is InChI=1S/C11H10BrFO3/c12-7-1-2-10(9(13)4-7)16-5-6-3-8(6)11(14)15/h1-2,4,6,8H,3,5H2,(H,14,15). The second-order valence-electron chi connectivity index (χ2n) is 3.83. The number of carbonyl (C=O) groups is 1. The van der Waals surface area contributed by atoms with Crippen LogP contribution in [0.2, 0.25) is 0 Å². The van der Waals surface area contributed by atoms with E-state index in [1.165, 1.54) is 12.1 Å². The van der Waals surface area contributed by atoms with Crippen molar-refractivity contribution in [3.63, 3.8) is 0 Å². The summed E-state index contributed by atoms with van der Waals surface area (Å²) in [5, 5.41) is 8.68. The normalized spacial score (nSPS) is 22.9. The van der Waals surface area contributed by atoms with E-state index in [1.54, 1.807) is 6.07 Å². The highest BCUT2D eigenvalue weighted by Crippen LogP contribution is 2.39. The van der Waals surface area contributed by atoms with Gasteiger partial charge in [0.05, 0.1) is 12.5 Å². The Balaban J connectivity index is 1.89. The highest BCUT2D eigenvalue weighted by atomic mass is 79.9. The zero-order valence-corrected chi connectivity index (χ0v) is 9.91. The fourth-order valence-corrected chi connectivity index (χ4v) is 1.86. The van der Waals surface area contributed by atoms with E-state index in [9.17, 15) is 9.18 Å². The molecule has 0 heterocycles. The molecule has 1 N–H and O–H groups in total. The van der Waals surface area contributed by atoms with E-state index in [0.29, 0.717) is 10.9 Å². The SMILES string of the molecule is O=C(O)C1CC1COc1ccc(Br)cc1F. The highest BCUT2D eigenvalue weighted by molar-refractivity contribution is 9.10. The Morgan fingerprint density at radius 1 is 1.62 bits per heavy atom. The number of ether oxygens (including phenoxy) is 1. The molecule has 2 rings (SSSR count). The van der Waals surface area contributed by atoms with Crippen LogP contribution in [0.3, 0.4) is 0 Å². The summed E-state index contributed by atoms with van der Waals surface area (Å²) in [6.07, 6.45) is 0.619. The molecule has 0 saturated heterocycles. The number of carboxylic acid groups (broad SMARTS) is 1. The molecule has 5 heteroatoms. The second-order valence-corrected chi connectivity index (χ2v) is 4.74. The van der Waals surface area contributed by atoms with Crippen LogP contribution in [0.25, 0.3) is 0 Å². The number of rotatable bonds is 4. The molecular weight excluding hydrogens is 279 g/mol. The van der Waals surface area contributed by atoms with Gasteiger partial charge in [0.15, 0.2) is 11.6 Å².